The summed E-state index contributed by atoms with van der Waals surface area (Å²) in [6, 6.07) is 28.1. The summed E-state index contributed by atoms with van der Waals surface area (Å²) < 4.78 is 13.5. The lowest BCUT2D eigenvalue weighted by molar-refractivity contribution is -0.152. The monoisotopic (exact) mass is 586 g/mol. The molecule has 1 aliphatic carbocycles. The van der Waals surface area contributed by atoms with Crippen molar-refractivity contribution in [2.75, 3.05) is 20.7 Å². The van der Waals surface area contributed by atoms with Crippen molar-refractivity contribution in [1.29, 1.82) is 0 Å². The summed E-state index contributed by atoms with van der Waals surface area (Å²) in [5.41, 5.74) is 0.235. The molecule has 5 atom stereocenters. The first kappa shape index (κ1) is 26.0. The Morgan fingerprint density at radius 2 is 1.64 bits per heavy atom. The first-order valence-electron chi connectivity index (χ1n) is 13.1. The number of aliphatic hydroxyl groups excluding tert-OH is 1. The van der Waals surface area contributed by atoms with Gasteiger partial charge in [0, 0.05) is 29.4 Å². The minimum atomic E-state index is -1.80. The van der Waals surface area contributed by atoms with E-state index in [0.717, 1.165) is 15.6 Å². The van der Waals surface area contributed by atoms with Crippen molar-refractivity contribution in [2.24, 2.45) is 5.92 Å². The van der Waals surface area contributed by atoms with Gasteiger partial charge < -0.3 is 24.6 Å². The maximum absolute atomic E-state index is 12.9. The Kier molecular flexibility index (Phi) is 6.71. The number of benzene rings is 3. The molecule has 1 unspecified atom stereocenters. The molecule has 200 valence electrons. The fourth-order valence-electron chi connectivity index (χ4n) is 6.75. The van der Waals surface area contributed by atoms with Gasteiger partial charge in [0.05, 0.1) is 31.2 Å². The highest BCUT2D eigenvalue weighted by Crippen LogP contribution is 2.69. The molecule has 1 saturated carbocycles. The van der Waals surface area contributed by atoms with E-state index in [4.69, 9.17) is 9.47 Å². The molecule has 0 bridgehead atoms. The molecule has 7 heteroatoms. The predicted octanol–water partition coefficient (Wildman–Crippen LogP) is 5.23. The zero-order valence-electron chi connectivity index (χ0n) is 21.9. The molecule has 0 amide bonds. The van der Waals surface area contributed by atoms with E-state index >= 15 is 0 Å². The molecule has 1 fully saturated rings. The maximum atomic E-state index is 12.9. The molecule has 6 nitrogen and oxygen atoms in total. The molecule has 0 saturated heterocycles. The average Bonchev–Trinajstić information content (AvgIpc) is 3.33. The van der Waals surface area contributed by atoms with Crippen molar-refractivity contribution in [3.8, 4) is 11.5 Å². The van der Waals surface area contributed by atoms with Gasteiger partial charge in [0.2, 0.25) is 0 Å². The van der Waals surface area contributed by atoms with E-state index in [1.54, 1.807) is 19.5 Å². The largest absolute Gasteiger partial charge is 0.495 e. The van der Waals surface area contributed by atoms with E-state index in [9.17, 15) is 10.2 Å². The third-order valence-electron chi connectivity index (χ3n) is 8.26. The Balaban J connectivity index is 1.55. The number of ether oxygens (including phenoxy) is 2. The molecular weight excluding hydrogens is 556 g/mol. The molecule has 3 aromatic carbocycles. The van der Waals surface area contributed by atoms with Crippen LogP contribution in [0.25, 0.3) is 0 Å². The molecule has 0 spiro atoms. The van der Waals surface area contributed by atoms with E-state index in [2.05, 4.69) is 50.1 Å². The molecule has 2 heterocycles. The van der Waals surface area contributed by atoms with Gasteiger partial charge in [-0.05, 0) is 35.9 Å². The summed E-state index contributed by atoms with van der Waals surface area (Å²) >= 11 is 3.55. The maximum Gasteiger partial charge on any atom is 0.177 e. The summed E-state index contributed by atoms with van der Waals surface area (Å²) in [4.78, 5) is 6.50. The van der Waals surface area contributed by atoms with Crippen LogP contribution < -0.4 is 9.47 Å². The Morgan fingerprint density at radius 3 is 2.31 bits per heavy atom. The van der Waals surface area contributed by atoms with E-state index in [0.29, 0.717) is 30.2 Å². The van der Waals surface area contributed by atoms with Gasteiger partial charge >= 0.3 is 0 Å². The van der Waals surface area contributed by atoms with Crippen LogP contribution in [0.2, 0.25) is 0 Å². The van der Waals surface area contributed by atoms with Crippen LogP contribution in [0.15, 0.2) is 102 Å². The molecule has 2 aliphatic rings. The Hall–Kier alpha value is -3.23. The van der Waals surface area contributed by atoms with Crippen molar-refractivity contribution < 1.29 is 19.7 Å². The number of methoxy groups -OCH3 is 1. The first-order chi connectivity index (χ1) is 18.9. The summed E-state index contributed by atoms with van der Waals surface area (Å²) in [5.74, 6) is 0.0324. The number of halogens is 1. The molecule has 4 aromatic rings. The van der Waals surface area contributed by atoms with Crippen LogP contribution in [0.5, 0.6) is 11.5 Å². The number of aliphatic hydroxyl groups is 2. The Labute approximate surface area is 237 Å². The van der Waals surface area contributed by atoms with Crippen molar-refractivity contribution in [1.82, 2.24) is 9.88 Å². The fourth-order valence-corrected chi connectivity index (χ4v) is 7.02. The number of hydrogen-bond acceptors (Lipinski definition) is 6. The molecule has 39 heavy (non-hydrogen) atoms. The molecule has 1 aromatic heterocycles. The predicted molar refractivity (Wildman–Crippen MR) is 153 cm³/mol. The minimum absolute atomic E-state index is 0.374. The van der Waals surface area contributed by atoms with Gasteiger partial charge in [-0.15, -0.1) is 0 Å². The van der Waals surface area contributed by atoms with Crippen molar-refractivity contribution >= 4 is 15.9 Å². The third-order valence-corrected chi connectivity index (χ3v) is 8.79. The van der Waals surface area contributed by atoms with Gasteiger partial charge in [0.25, 0.3) is 0 Å². The van der Waals surface area contributed by atoms with Gasteiger partial charge in [-0.3, -0.25) is 4.98 Å². The number of pyridine rings is 1. The van der Waals surface area contributed by atoms with Gasteiger partial charge in [-0.2, -0.15) is 0 Å². The topological polar surface area (TPSA) is 75.0 Å². The average molecular weight is 588 g/mol. The zero-order valence-corrected chi connectivity index (χ0v) is 23.5. The van der Waals surface area contributed by atoms with Crippen molar-refractivity contribution in [2.45, 2.75) is 29.8 Å². The molecule has 0 radical (unpaired) electrons. The standard InChI is InChI=1S/C32H31BrN2O4/c1-35(19-21-9-5-3-6-10-21)20-25-28(22-11-7-4-8-12-22)32(23-13-15-24(33)16-14-23)31(37,30(25)36)29-26(38-2)17-34-18-27(29)39-32/h3-18,25,28,30,36-37H,19-20H2,1-2H3/t25-,28-,30?,31+,32+/m1/s1. The lowest BCUT2D eigenvalue weighted by atomic mass is 9.70. The minimum Gasteiger partial charge on any atom is -0.495 e. The smallest absolute Gasteiger partial charge is 0.177 e. The van der Waals surface area contributed by atoms with Crippen LogP contribution in [0.3, 0.4) is 0 Å². The second-order valence-corrected chi connectivity index (χ2v) is 11.4. The number of nitrogens with zero attached hydrogens (tertiary/aromatic N) is 2. The van der Waals surface area contributed by atoms with E-state index in [-0.39, 0.29) is 5.92 Å². The molecule has 2 N–H and O–H groups in total. The molecular formula is C32H31BrN2O4. The number of rotatable bonds is 7. The van der Waals surface area contributed by atoms with Gasteiger partial charge in [0.1, 0.15) is 11.5 Å². The van der Waals surface area contributed by atoms with E-state index in [1.165, 1.54) is 5.56 Å². The summed E-state index contributed by atoms with van der Waals surface area (Å²) in [7, 11) is 3.59. The highest BCUT2D eigenvalue weighted by molar-refractivity contribution is 9.10. The summed E-state index contributed by atoms with van der Waals surface area (Å²) in [5, 5.41) is 25.2. The summed E-state index contributed by atoms with van der Waals surface area (Å²) in [6.45, 7) is 1.24. The van der Waals surface area contributed by atoms with E-state index in [1.807, 2.05) is 67.7 Å². The van der Waals surface area contributed by atoms with Crippen LogP contribution in [0.1, 0.15) is 28.2 Å². The van der Waals surface area contributed by atoms with Crippen molar-refractivity contribution in [3.05, 3.63) is 124 Å². The number of fused-ring (bicyclic) bond motifs is 3. The summed E-state index contributed by atoms with van der Waals surface area (Å²) in [6.07, 6.45) is 2.00. The normalized spacial score (nSPS) is 27.2. The number of aromatic nitrogens is 1. The van der Waals surface area contributed by atoms with Gasteiger partial charge in [-0.1, -0.05) is 88.7 Å². The van der Waals surface area contributed by atoms with Crippen LogP contribution in [0.4, 0.5) is 0 Å². The van der Waals surface area contributed by atoms with Crippen LogP contribution in [0, 0.1) is 5.92 Å². The quantitative estimate of drug-likeness (QED) is 0.309. The van der Waals surface area contributed by atoms with Crippen LogP contribution in [-0.2, 0) is 17.7 Å². The fraction of sp³-hybridized carbons (Fsp3) is 0.281. The highest BCUT2D eigenvalue weighted by atomic mass is 79.9. The van der Waals surface area contributed by atoms with E-state index < -0.39 is 23.2 Å². The first-order valence-corrected chi connectivity index (χ1v) is 13.8. The van der Waals surface area contributed by atoms with Crippen LogP contribution in [-0.4, -0.2) is 46.9 Å². The Morgan fingerprint density at radius 1 is 0.974 bits per heavy atom. The lowest BCUT2D eigenvalue weighted by Crippen LogP contribution is -2.52. The highest BCUT2D eigenvalue weighted by Gasteiger charge is 2.76. The van der Waals surface area contributed by atoms with Crippen LogP contribution >= 0.6 is 15.9 Å². The Bertz CT molecular complexity index is 1450. The van der Waals surface area contributed by atoms with Gasteiger partial charge in [-0.25, -0.2) is 0 Å². The second kappa shape index (κ2) is 10.1. The third kappa shape index (κ3) is 3.99. The molecule has 6 rings (SSSR count). The van der Waals surface area contributed by atoms with Gasteiger partial charge in [0.15, 0.2) is 11.2 Å². The zero-order chi connectivity index (χ0) is 27.2. The van der Waals surface area contributed by atoms with Crippen molar-refractivity contribution in [3.63, 3.8) is 0 Å². The second-order valence-electron chi connectivity index (χ2n) is 10.5. The number of hydrogen-bond donors (Lipinski definition) is 2. The molecule has 1 aliphatic heterocycles. The SMILES string of the molecule is COc1cncc2c1[C@]1(O)C(O)[C@H](CN(C)Cc3ccccc3)[C@@H](c3ccccc3)[C@]1(c1ccc(Br)cc1)O2. The lowest BCUT2D eigenvalue weighted by Gasteiger charge is -2.41.